The molecule has 0 radical (unpaired) electrons. The van der Waals surface area contributed by atoms with E-state index in [0.717, 1.165) is 32.6 Å². The molecule has 2 N–H and O–H groups in total. The highest BCUT2D eigenvalue weighted by atomic mass is 32.2. The Morgan fingerprint density at radius 1 is 1.38 bits per heavy atom. The van der Waals surface area contributed by atoms with Gasteiger partial charge in [-0.05, 0) is 26.1 Å². The number of sulfonamides is 1. The van der Waals surface area contributed by atoms with Crippen LogP contribution in [0.25, 0.3) is 0 Å². The van der Waals surface area contributed by atoms with E-state index in [2.05, 4.69) is 28.8 Å². The molecule has 1 fully saturated rings. The summed E-state index contributed by atoms with van der Waals surface area (Å²) in [5.74, 6) is 0. The number of hydrogen-bond donors (Lipinski definition) is 2. The average Bonchev–Trinajstić information content (AvgIpc) is 2.78. The summed E-state index contributed by atoms with van der Waals surface area (Å²) in [5, 5.41) is 2.82. The summed E-state index contributed by atoms with van der Waals surface area (Å²) in [4.78, 5) is 2.20. The number of nitrogens with zero attached hydrogens (tertiary/aromatic N) is 1. The Balaban J connectivity index is 2.30. The molecule has 0 aromatic heterocycles. The first kappa shape index (κ1) is 13.9. The average molecular weight is 249 g/mol. The van der Waals surface area contributed by atoms with E-state index in [1.165, 1.54) is 0 Å². The molecular formula is C10H23N3O2S. The maximum atomic E-state index is 11.8. The van der Waals surface area contributed by atoms with Crippen LogP contribution < -0.4 is 10.0 Å². The van der Waals surface area contributed by atoms with Crippen molar-refractivity contribution < 1.29 is 8.42 Å². The molecule has 1 aliphatic heterocycles. The van der Waals surface area contributed by atoms with Gasteiger partial charge in [0.15, 0.2) is 0 Å². The third-order valence-corrected chi connectivity index (χ3v) is 4.97. The molecule has 0 aromatic carbocycles. The molecular weight excluding hydrogens is 226 g/mol. The Morgan fingerprint density at radius 2 is 2.06 bits per heavy atom. The van der Waals surface area contributed by atoms with Crippen molar-refractivity contribution in [3.8, 4) is 0 Å². The maximum Gasteiger partial charge on any atom is 0.215 e. The molecule has 0 aliphatic carbocycles. The number of likely N-dealkylation sites (N-methyl/N-ethyl adjacent to an activating group) is 1. The molecule has 6 heteroatoms. The van der Waals surface area contributed by atoms with Crippen molar-refractivity contribution in [2.24, 2.45) is 0 Å². The minimum Gasteiger partial charge on any atom is -0.315 e. The van der Waals surface area contributed by atoms with Gasteiger partial charge in [0.1, 0.15) is 0 Å². The van der Waals surface area contributed by atoms with Gasteiger partial charge >= 0.3 is 0 Å². The molecule has 1 atom stereocenters. The smallest absolute Gasteiger partial charge is 0.215 e. The van der Waals surface area contributed by atoms with Crippen LogP contribution in [-0.2, 0) is 10.0 Å². The van der Waals surface area contributed by atoms with Crippen LogP contribution in [0.3, 0.4) is 0 Å². The molecule has 1 heterocycles. The van der Waals surface area contributed by atoms with Crippen molar-refractivity contribution in [1.82, 2.24) is 14.9 Å². The molecule has 0 spiro atoms. The van der Waals surface area contributed by atoms with Crippen molar-refractivity contribution in [2.75, 3.05) is 39.3 Å². The lowest BCUT2D eigenvalue weighted by Gasteiger charge is -2.19. The molecule has 0 amide bonds. The lowest BCUT2D eigenvalue weighted by atomic mass is 10.4. The van der Waals surface area contributed by atoms with Crippen molar-refractivity contribution in [3.63, 3.8) is 0 Å². The van der Waals surface area contributed by atoms with Crippen molar-refractivity contribution in [1.29, 1.82) is 0 Å². The van der Waals surface area contributed by atoms with E-state index in [9.17, 15) is 8.42 Å². The van der Waals surface area contributed by atoms with Gasteiger partial charge in [-0.1, -0.05) is 13.8 Å². The third-order valence-electron chi connectivity index (χ3n) is 3.08. The molecule has 1 saturated heterocycles. The second kappa shape index (κ2) is 6.54. The first-order valence-electron chi connectivity index (χ1n) is 6.01. The van der Waals surface area contributed by atoms with Gasteiger partial charge in [0, 0.05) is 19.6 Å². The largest absolute Gasteiger partial charge is 0.315 e. The van der Waals surface area contributed by atoms with E-state index in [4.69, 9.17) is 0 Å². The predicted molar refractivity (Wildman–Crippen MR) is 66.0 cm³/mol. The molecule has 1 aliphatic rings. The summed E-state index contributed by atoms with van der Waals surface area (Å²) < 4.78 is 26.3. The van der Waals surface area contributed by atoms with Crippen molar-refractivity contribution >= 4 is 10.0 Å². The Kier molecular flexibility index (Phi) is 5.68. The second-order valence-corrected chi connectivity index (χ2v) is 6.13. The number of nitrogens with one attached hydrogen (secondary N) is 2. The van der Waals surface area contributed by atoms with E-state index in [-0.39, 0.29) is 5.25 Å². The fraction of sp³-hybridized carbons (Fsp3) is 1.00. The standard InChI is InChI=1S/C10H23N3O2S/c1-3-13(4-2)8-7-12-16(14,15)10-5-6-11-9-10/h10-12H,3-9H2,1-2H3. The van der Waals surface area contributed by atoms with E-state index >= 15 is 0 Å². The molecule has 5 nitrogen and oxygen atoms in total. The zero-order chi connectivity index (χ0) is 12.0. The van der Waals surface area contributed by atoms with Gasteiger partial charge in [0.2, 0.25) is 10.0 Å². The Labute approximate surface area is 98.6 Å². The molecule has 1 rings (SSSR count). The van der Waals surface area contributed by atoms with Crippen molar-refractivity contribution in [3.05, 3.63) is 0 Å². The summed E-state index contributed by atoms with van der Waals surface area (Å²) in [7, 11) is -3.11. The summed E-state index contributed by atoms with van der Waals surface area (Å²) in [6.45, 7) is 8.78. The van der Waals surface area contributed by atoms with Crippen LogP contribution in [0.4, 0.5) is 0 Å². The summed E-state index contributed by atoms with van der Waals surface area (Å²) in [6.07, 6.45) is 0.723. The van der Waals surface area contributed by atoms with E-state index in [0.29, 0.717) is 13.1 Å². The maximum absolute atomic E-state index is 11.8. The van der Waals surface area contributed by atoms with Gasteiger partial charge in [-0.2, -0.15) is 0 Å². The topological polar surface area (TPSA) is 61.4 Å². The summed E-state index contributed by atoms with van der Waals surface area (Å²) in [6, 6.07) is 0. The monoisotopic (exact) mass is 249 g/mol. The SMILES string of the molecule is CCN(CC)CCNS(=O)(=O)C1CCNC1. The number of hydrogen-bond acceptors (Lipinski definition) is 4. The Bertz CT molecular complexity index is 282. The van der Waals surface area contributed by atoms with E-state index in [1.54, 1.807) is 0 Å². The van der Waals surface area contributed by atoms with Crippen molar-refractivity contribution in [2.45, 2.75) is 25.5 Å². The van der Waals surface area contributed by atoms with Crippen LogP contribution in [0.2, 0.25) is 0 Å². The molecule has 96 valence electrons. The lowest BCUT2D eigenvalue weighted by molar-refractivity contribution is 0.308. The zero-order valence-corrected chi connectivity index (χ0v) is 11.0. The van der Waals surface area contributed by atoms with Gasteiger partial charge in [-0.3, -0.25) is 0 Å². The Morgan fingerprint density at radius 3 is 2.56 bits per heavy atom. The van der Waals surface area contributed by atoms with E-state index in [1.807, 2.05) is 0 Å². The van der Waals surface area contributed by atoms with Crippen LogP contribution in [0.1, 0.15) is 20.3 Å². The Hall–Kier alpha value is -0.170. The molecule has 0 saturated carbocycles. The summed E-state index contributed by atoms with van der Waals surface area (Å²) in [5.41, 5.74) is 0. The molecule has 0 bridgehead atoms. The van der Waals surface area contributed by atoms with Crippen LogP contribution in [0.15, 0.2) is 0 Å². The highest BCUT2D eigenvalue weighted by Gasteiger charge is 2.27. The minimum atomic E-state index is -3.11. The van der Waals surface area contributed by atoms with Crippen LogP contribution in [0.5, 0.6) is 0 Å². The second-order valence-electron chi connectivity index (χ2n) is 4.08. The van der Waals surface area contributed by atoms with Gasteiger partial charge in [-0.25, -0.2) is 13.1 Å². The minimum absolute atomic E-state index is 0.246. The fourth-order valence-corrected chi connectivity index (χ4v) is 3.27. The first-order valence-corrected chi connectivity index (χ1v) is 7.56. The number of rotatable bonds is 7. The quantitative estimate of drug-likeness (QED) is 0.645. The van der Waals surface area contributed by atoms with Gasteiger partial charge in [-0.15, -0.1) is 0 Å². The molecule has 16 heavy (non-hydrogen) atoms. The van der Waals surface area contributed by atoms with E-state index < -0.39 is 10.0 Å². The summed E-state index contributed by atoms with van der Waals surface area (Å²) >= 11 is 0. The predicted octanol–water partition coefficient (Wildman–Crippen LogP) is -0.390. The van der Waals surface area contributed by atoms with Gasteiger partial charge in [0.25, 0.3) is 0 Å². The highest BCUT2D eigenvalue weighted by molar-refractivity contribution is 7.90. The molecule has 0 aromatic rings. The zero-order valence-electron chi connectivity index (χ0n) is 10.2. The van der Waals surface area contributed by atoms with Crippen LogP contribution in [-0.4, -0.2) is 57.8 Å². The van der Waals surface area contributed by atoms with Gasteiger partial charge < -0.3 is 10.2 Å². The van der Waals surface area contributed by atoms with Gasteiger partial charge in [0.05, 0.1) is 5.25 Å². The van der Waals surface area contributed by atoms with Crippen LogP contribution in [0, 0.1) is 0 Å². The normalized spacial score (nSPS) is 21.8. The highest BCUT2D eigenvalue weighted by Crippen LogP contribution is 2.07. The first-order chi connectivity index (χ1) is 7.60. The van der Waals surface area contributed by atoms with Crippen LogP contribution >= 0.6 is 0 Å². The third kappa shape index (κ3) is 4.01. The molecule has 1 unspecified atom stereocenters. The lowest BCUT2D eigenvalue weighted by Crippen LogP contribution is -2.40. The fourth-order valence-electron chi connectivity index (χ4n) is 1.90.